The van der Waals surface area contributed by atoms with Gasteiger partial charge in [-0.05, 0) is 25.0 Å². The molecule has 1 aromatic rings. The van der Waals surface area contributed by atoms with Crippen molar-refractivity contribution in [2.45, 2.75) is 20.3 Å². The Kier molecular flexibility index (Phi) is 5.25. The topological polar surface area (TPSA) is 94.9 Å². The van der Waals surface area contributed by atoms with Gasteiger partial charge >= 0.3 is 11.9 Å². The Balaban J connectivity index is 2.86. The molecule has 0 aromatic heterocycles. The van der Waals surface area contributed by atoms with Gasteiger partial charge in [0.1, 0.15) is 13.1 Å². The first-order valence-corrected chi connectivity index (χ1v) is 6.07. The molecule has 0 aliphatic heterocycles. The highest BCUT2D eigenvalue weighted by molar-refractivity contribution is 5.86. The average Bonchev–Trinajstić information content (AvgIpc) is 2.31. The van der Waals surface area contributed by atoms with Crippen molar-refractivity contribution in [3.05, 3.63) is 34.9 Å². The maximum atomic E-state index is 12.0. The highest BCUT2D eigenvalue weighted by Crippen LogP contribution is 2.12. The number of aliphatic carboxylic acids is 2. The van der Waals surface area contributed by atoms with Crippen LogP contribution in [0, 0.1) is 13.8 Å². The number of carbonyl (C=O) groups excluding carboxylic acids is 1. The molecule has 108 valence electrons. The molecule has 0 radical (unpaired) electrons. The second-order valence-corrected chi connectivity index (χ2v) is 4.64. The van der Waals surface area contributed by atoms with E-state index in [1.54, 1.807) is 0 Å². The summed E-state index contributed by atoms with van der Waals surface area (Å²) in [5, 5.41) is 17.4. The molecule has 6 heteroatoms. The van der Waals surface area contributed by atoms with Crippen LogP contribution < -0.4 is 0 Å². The minimum absolute atomic E-state index is 0.00588. The second kappa shape index (κ2) is 6.70. The number of carbonyl (C=O) groups is 3. The van der Waals surface area contributed by atoms with E-state index >= 15 is 0 Å². The first-order chi connectivity index (χ1) is 9.29. The first kappa shape index (κ1) is 15.7. The Morgan fingerprint density at radius 3 is 2.10 bits per heavy atom. The molecule has 1 aromatic carbocycles. The second-order valence-electron chi connectivity index (χ2n) is 4.64. The molecule has 6 nitrogen and oxygen atoms in total. The van der Waals surface area contributed by atoms with Gasteiger partial charge in [0, 0.05) is 0 Å². The number of hydrogen-bond donors (Lipinski definition) is 2. The van der Waals surface area contributed by atoms with E-state index in [1.807, 2.05) is 32.0 Å². The molecular weight excluding hydrogens is 262 g/mol. The van der Waals surface area contributed by atoms with Crippen molar-refractivity contribution in [3.63, 3.8) is 0 Å². The molecule has 0 spiro atoms. The van der Waals surface area contributed by atoms with Crippen LogP contribution >= 0.6 is 0 Å². The molecule has 0 bridgehead atoms. The van der Waals surface area contributed by atoms with Crippen LogP contribution in [-0.2, 0) is 20.8 Å². The fraction of sp³-hybridized carbons (Fsp3) is 0.357. The third kappa shape index (κ3) is 4.72. The minimum atomic E-state index is -1.24. The number of carboxylic acids is 2. The molecule has 0 heterocycles. The lowest BCUT2D eigenvalue weighted by Gasteiger charge is -2.19. The summed E-state index contributed by atoms with van der Waals surface area (Å²) >= 11 is 0. The van der Waals surface area contributed by atoms with E-state index in [0.29, 0.717) is 0 Å². The van der Waals surface area contributed by atoms with Gasteiger partial charge in [-0.3, -0.25) is 14.4 Å². The van der Waals surface area contributed by atoms with Gasteiger partial charge in [-0.1, -0.05) is 23.8 Å². The third-order valence-corrected chi connectivity index (χ3v) is 2.85. The van der Waals surface area contributed by atoms with Gasteiger partial charge in [-0.2, -0.15) is 0 Å². The van der Waals surface area contributed by atoms with Crippen molar-refractivity contribution in [2.24, 2.45) is 0 Å². The normalized spacial score (nSPS) is 10.1. The van der Waals surface area contributed by atoms with Crippen LogP contribution in [0.2, 0.25) is 0 Å². The molecule has 0 saturated carbocycles. The van der Waals surface area contributed by atoms with Crippen LogP contribution in [0.3, 0.4) is 0 Å². The van der Waals surface area contributed by atoms with Gasteiger partial charge in [0.05, 0.1) is 6.42 Å². The van der Waals surface area contributed by atoms with Gasteiger partial charge in [0.15, 0.2) is 0 Å². The molecule has 0 aliphatic rings. The van der Waals surface area contributed by atoms with Gasteiger partial charge < -0.3 is 15.1 Å². The SMILES string of the molecule is Cc1ccc(C)c(CC(=O)N(CC(=O)O)CC(=O)O)c1. The quantitative estimate of drug-likeness (QED) is 0.804. The summed E-state index contributed by atoms with van der Waals surface area (Å²) in [5.41, 5.74) is 2.67. The Morgan fingerprint density at radius 2 is 1.60 bits per heavy atom. The minimum Gasteiger partial charge on any atom is -0.480 e. The van der Waals surface area contributed by atoms with Crippen molar-refractivity contribution in [1.29, 1.82) is 0 Å². The molecule has 0 saturated heterocycles. The lowest BCUT2D eigenvalue weighted by atomic mass is 10.0. The molecule has 0 atom stereocenters. The Morgan fingerprint density at radius 1 is 1.05 bits per heavy atom. The van der Waals surface area contributed by atoms with Crippen molar-refractivity contribution in [2.75, 3.05) is 13.1 Å². The summed E-state index contributed by atoms with van der Waals surface area (Å²) < 4.78 is 0. The smallest absolute Gasteiger partial charge is 0.323 e. The number of amides is 1. The van der Waals surface area contributed by atoms with Crippen LogP contribution in [0.25, 0.3) is 0 Å². The highest BCUT2D eigenvalue weighted by Gasteiger charge is 2.20. The van der Waals surface area contributed by atoms with E-state index in [2.05, 4.69) is 0 Å². The monoisotopic (exact) mass is 279 g/mol. The maximum absolute atomic E-state index is 12.0. The van der Waals surface area contributed by atoms with Crippen LogP contribution in [0.4, 0.5) is 0 Å². The fourth-order valence-corrected chi connectivity index (χ4v) is 1.82. The van der Waals surface area contributed by atoms with Crippen molar-refractivity contribution in [3.8, 4) is 0 Å². The molecule has 0 unspecified atom stereocenters. The number of aryl methyl sites for hydroxylation is 2. The van der Waals surface area contributed by atoms with E-state index in [-0.39, 0.29) is 6.42 Å². The summed E-state index contributed by atoms with van der Waals surface area (Å²) in [6.07, 6.45) is -0.00588. The zero-order valence-electron chi connectivity index (χ0n) is 11.4. The Labute approximate surface area is 116 Å². The summed E-state index contributed by atoms with van der Waals surface area (Å²) in [6.45, 7) is 2.51. The molecule has 1 rings (SSSR count). The van der Waals surface area contributed by atoms with E-state index in [1.165, 1.54) is 0 Å². The first-order valence-electron chi connectivity index (χ1n) is 6.07. The van der Waals surface area contributed by atoms with Crippen molar-refractivity contribution in [1.82, 2.24) is 4.90 Å². The third-order valence-electron chi connectivity index (χ3n) is 2.85. The molecule has 0 fully saturated rings. The molecule has 1 amide bonds. The summed E-state index contributed by atoms with van der Waals surface area (Å²) in [5.74, 6) is -2.98. The maximum Gasteiger partial charge on any atom is 0.323 e. The van der Waals surface area contributed by atoms with Crippen LogP contribution in [0.15, 0.2) is 18.2 Å². The zero-order chi connectivity index (χ0) is 15.3. The standard InChI is InChI=1S/C14H17NO5/c1-9-3-4-10(2)11(5-9)6-12(16)15(7-13(17)18)8-14(19)20/h3-5H,6-8H2,1-2H3,(H,17,18)(H,19,20). The van der Waals surface area contributed by atoms with Gasteiger partial charge in [0.2, 0.25) is 5.91 Å². The predicted octanol–water partition coefficient (Wildman–Crippen LogP) is 0.844. The number of carboxylic acid groups (broad SMARTS) is 2. The lowest BCUT2D eigenvalue weighted by Crippen LogP contribution is -2.40. The molecule has 0 aliphatic carbocycles. The largest absolute Gasteiger partial charge is 0.480 e. The van der Waals surface area contributed by atoms with Crippen LogP contribution in [-0.4, -0.2) is 46.0 Å². The van der Waals surface area contributed by atoms with Crippen molar-refractivity contribution >= 4 is 17.8 Å². The lowest BCUT2D eigenvalue weighted by molar-refractivity contribution is -0.149. The average molecular weight is 279 g/mol. The number of benzene rings is 1. The van der Waals surface area contributed by atoms with Gasteiger partial charge in [-0.15, -0.1) is 0 Å². The Hall–Kier alpha value is -2.37. The highest BCUT2D eigenvalue weighted by atomic mass is 16.4. The van der Waals surface area contributed by atoms with E-state index < -0.39 is 30.9 Å². The fourth-order valence-electron chi connectivity index (χ4n) is 1.82. The number of hydrogen-bond acceptors (Lipinski definition) is 3. The molecule has 2 N–H and O–H groups in total. The van der Waals surface area contributed by atoms with Gasteiger partial charge in [-0.25, -0.2) is 0 Å². The number of nitrogens with zero attached hydrogens (tertiary/aromatic N) is 1. The molecular formula is C14H17NO5. The molecule has 20 heavy (non-hydrogen) atoms. The van der Waals surface area contributed by atoms with E-state index in [0.717, 1.165) is 21.6 Å². The van der Waals surface area contributed by atoms with E-state index in [9.17, 15) is 14.4 Å². The predicted molar refractivity (Wildman–Crippen MR) is 71.5 cm³/mol. The summed E-state index contributed by atoms with van der Waals surface area (Å²) in [7, 11) is 0. The Bertz CT molecular complexity index is 522. The number of rotatable bonds is 6. The van der Waals surface area contributed by atoms with Gasteiger partial charge in [0.25, 0.3) is 0 Å². The van der Waals surface area contributed by atoms with Crippen LogP contribution in [0.5, 0.6) is 0 Å². The summed E-state index contributed by atoms with van der Waals surface area (Å²) in [4.78, 5) is 34.2. The van der Waals surface area contributed by atoms with E-state index in [4.69, 9.17) is 10.2 Å². The zero-order valence-corrected chi connectivity index (χ0v) is 11.4. The van der Waals surface area contributed by atoms with Crippen LogP contribution in [0.1, 0.15) is 16.7 Å². The summed E-state index contributed by atoms with van der Waals surface area (Å²) in [6, 6.07) is 5.62. The van der Waals surface area contributed by atoms with Crippen molar-refractivity contribution < 1.29 is 24.6 Å².